The van der Waals surface area contributed by atoms with Crippen LogP contribution in [0.4, 0.5) is 10.1 Å². The summed E-state index contributed by atoms with van der Waals surface area (Å²) in [7, 11) is 0. The van der Waals surface area contributed by atoms with E-state index < -0.39 is 0 Å². The van der Waals surface area contributed by atoms with E-state index in [1.807, 2.05) is 0 Å². The quantitative estimate of drug-likeness (QED) is 0.802. The Bertz CT molecular complexity index is 280. The number of halogens is 2. The molecular formula is C9H11BrFNO. The molecule has 1 aromatic carbocycles. The molecule has 1 rings (SSSR count). The second kappa shape index (κ2) is 5.19. The topological polar surface area (TPSA) is 32.3 Å². The van der Waals surface area contributed by atoms with Gasteiger partial charge in [-0.25, -0.2) is 4.39 Å². The molecule has 0 bridgehead atoms. The van der Waals surface area contributed by atoms with Crippen molar-refractivity contribution >= 4 is 21.6 Å². The summed E-state index contributed by atoms with van der Waals surface area (Å²) in [5.41, 5.74) is 0.461. The number of hydrogen-bond acceptors (Lipinski definition) is 2. The van der Waals surface area contributed by atoms with Crippen molar-refractivity contribution in [3.05, 3.63) is 28.5 Å². The van der Waals surface area contributed by atoms with E-state index in [0.717, 1.165) is 4.47 Å². The lowest BCUT2D eigenvalue weighted by Gasteiger charge is -2.06. The molecule has 2 N–H and O–H groups in total. The van der Waals surface area contributed by atoms with Gasteiger partial charge in [-0.1, -0.05) is 15.9 Å². The lowest BCUT2D eigenvalue weighted by Crippen LogP contribution is -2.04. The molecule has 0 saturated heterocycles. The van der Waals surface area contributed by atoms with Gasteiger partial charge < -0.3 is 10.4 Å². The maximum Gasteiger partial charge on any atom is 0.146 e. The Morgan fingerprint density at radius 2 is 2.23 bits per heavy atom. The van der Waals surface area contributed by atoms with Gasteiger partial charge in [-0.05, 0) is 24.6 Å². The number of aliphatic hydroxyl groups excluding tert-OH is 1. The van der Waals surface area contributed by atoms with E-state index in [1.165, 1.54) is 6.07 Å². The molecule has 4 heteroatoms. The molecule has 13 heavy (non-hydrogen) atoms. The van der Waals surface area contributed by atoms with Crippen LogP contribution in [0, 0.1) is 5.82 Å². The standard InChI is InChI=1S/C9H11BrFNO/c10-7-2-3-8(11)9(6-7)12-4-1-5-13/h2-3,6,12-13H,1,4-5H2. The van der Waals surface area contributed by atoms with Crippen molar-refractivity contribution in [1.29, 1.82) is 0 Å². The number of nitrogens with one attached hydrogen (secondary N) is 1. The zero-order chi connectivity index (χ0) is 9.68. The van der Waals surface area contributed by atoms with Gasteiger partial charge in [-0.15, -0.1) is 0 Å². The molecule has 0 radical (unpaired) electrons. The molecular weight excluding hydrogens is 237 g/mol. The van der Waals surface area contributed by atoms with E-state index in [-0.39, 0.29) is 12.4 Å². The van der Waals surface area contributed by atoms with E-state index in [2.05, 4.69) is 21.2 Å². The Kier molecular flexibility index (Phi) is 4.18. The van der Waals surface area contributed by atoms with Gasteiger partial charge >= 0.3 is 0 Å². The van der Waals surface area contributed by atoms with Crippen LogP contribution in [0.15, 0.2) is 22.7 Å². The van der Waals surface area contributed by atoms with Crippen LogP contribution in [-0.4, -0.2) is 18.3 Å². The Hall–Kier alpha value is -0.610. The van der Waals surface area contributed by atoms with Crippen molar-refractivity contribution in [2.75, 3.05) is 18.5 Å². The summed E-state index contributed by atoms with van der Waals surface area (Å²) in [4.78, 5) is 0. The minimum absolute atomic E-state index is 0.114. The van der Waals surface area contributed by atoms with Crippen LogP contribution >= 0.6 is 15.9 Å². The Morgan fingerprint density at radius 3 is 2.92 bits per heavy atom. The fraction of sp³-hybridized carbons (Fsp3) is 0.333. The molecule has 72 valence electrons. The first-order valence-corrected chi connectivity index (χ1v) is 4.83. The third-order valence-corrected chi connectivity index (χ3v) is 2.07. The van der Waals surface area contributed by atoms with Crippen LogP contribution in [0.1, 0.15) is 6.42 Å². The molecule has 1 aromatic rings. The summed E-state index contributed by atoms with van der Waals surface area (Å²) in [6.07, 6.45) is 0.617. The minimum Gasteiger partial charge on any atom is -0.396 e. The van der Waals surface area contributed by atoms with Gasteiger partial charge in [0.15, 0.2) is 0 Å². The van der Waals surface area contributed by atoms with Gasteiger partial charge in [-0.2, -0.15) is 0 Å². The molecule has 0 aliphatic rings. The van der Waals surface area contributed by atoms with Gasteiger partial charge in [0.1, 0.15) is 5.82 Å². The highest BCUT2D eigenvalue weighted by atomic mass is 79.9. The molecule has 0 aromatic heterocycles. The Morgan fingerprint density at radius 1 is 1.46 bits per heavy atom. The van der Waals surface area contributed by atoms with E-state index in [1.54, 1.807) is 12.1 Å². The third-order valence-electron chi connectivity index (χ3n) is 1.58. The molecule has 0 unspecified atom stereocenters. The minimum atomic E-state index is -0.277. The third kappa shape index (κ3) is 3.32. The maximum absolute atomic E-state index is 13.1. The highest BCUT2D eigenvalue weighted by molar-refractivity contribution is 9.10. The summed E-state index contributed by atoms with van der Waals surface area (Å²) in [6, 6.07) is 4.71. The molecule has 0 atom stereocenters. The zero-order valence-corrected chi connectivity index (χ0v) is 8.64. The summed E-state index contributed by atoms with van der Waals surface area (Å²) < 4.78 is 13.9. The van der Waals surface area contributed by atoms with Crippen LogP contribution in [0.25, 0.3) is 0 Å². The van der Waals surface area contributed by atoms with Crippen molar-refractivity contribution in [3.8, 4) is 0 Å². The van der Waals surface area contributed by atoms with E-state index in [4.69, 9.17) is 5.11 Å². The summed E-state index contributed by atoms with van der Waals surface area (Å²) in [6.45, 7) is 0.687. The Labute approximate surface area is 84.9 Å². The fourth-order valence-corrected chi connectivity index (χ4v) is 1.30. The molecule has 0 heterocycles. The predicted molar refractivity (Wildman–Crippen MR) is 54.3 cm³/mol. The summed E-state index contributed by atoms with van der Waals surface area (Å²) >= 11 is 3.25. The molecule has 0 spiro atoms. The van der Waals surface area contributed by atoms with Gasteiger partial charge in [0, 0.05) is 17.6 Å². The molecule has 0 saturated carbocycles. The second-order valence-electron chi connectivity index (χ2n) is 2.63. The van der Waals surface area contributed by atoms with Crippen molar-refractivity contribution in [3.63, 3.8) is 0 Å². The maximum atomic E-state index is 13.1. The SMILES string of the molecule is OCCCNc1cc(Br)ccc1F. The van der Waals surface area contributed by atoms with Gasteiger partial charge in [0.05, 0.1) is 5.69 Å². The highest BCUT2D eigenvalue weighted by Gasteiger charge is 2.00. The number of benzene rings is 1. The zero-order valence-electron chi connectivity index (χ0n) is 7.06. The lowest BCUT2D eigenvalue weighted by molar-refractivity contribution is 0.292. The summed E-state index contributed by atoms with van der Waals surface area (Å²) in [5, 5.41) is 11.4. The molecule has 2 nitrogen and oxygen atoms in total. The van der Waals surface area contributed by atoms with Crippen LogP contribution in [0.5, 0.6) is 0 Å². The average molecular weight is 248 g/mol. The smallest absolute Gasteiger partial charge is 0.146 e. The Balaban J connectivity index is 2.59. The van der Waals surface area contributed by atoms with Gasteiger partial charge in [-0.3, -0.25) is 0 Å². The monoisotopic (exact) mass is 247 g/mol. The van der Waals surface area contributed by atoms with Crippen molar-refractivity contribution in [2.24, 2.45) is 0 Å². The molecule has 0 fully saturated rings. The average Bonchev–Trinajstić information content (AvgIpc) is 2.11. The normalized spacial score (nSPS) is 10.1. The van der Waals surface area contributed by atoms with Crippen molar-refractivity contribution in [2.45, 2.75) is 6.42 Å². The molecule has 0 aliphatic carbocycles. The van der Waals surface area contributed by atoms with Crippen molar-refractivity contribution < 1.29 is 9.50 Å². The largest absolute Gasteiger partial charge is 0.396 e. The first kappa shape index (κ1) is 10.5. The number of aliphatic hydroxyl groups is 1. The van der Waals surface area contributed by atoms with Gasteiger partial charge in [0.2, 0.25) is 0 Å². The number of rotatable bonds is 4. The van der Waals surface area contributed by atoms with E-state index in [9.17, 15) is 4.39 Å². The molecule has 0 amide bonds. The first-order valence-electron chi connectivity index (χ1n) is 4.04. The predicted octanol–water partition coefficient (Wildman–Crippen LogP) is 2.38. The van der Waals surface area contributed by atoms with Gasteiger partial charge in [0.25, 0.3) is 0 Å². The van der Waals surface area contributed by atoms with Crippen LogP contribution < -0.4 is 5.32 Å². The van der Waals surface area contributed by atoms with E-state index >= 15 is 0 Å². The number of hydrogen-bond donors (Lipinski definition) is 2. The lowest BCUT2D eigenvalue weighted by atomic mass is 10.3. The van der Waals surface area contributed by atoms with Crippen LogP contribution in [0.2, 0.25) is 0 Å². The van der Waals surface area contributed by atoms with Crippen molar-refractivity contribution in [1.82, 2.24) is 0 Å². The summed E-state index contributed by atoms with van der Waals surface area (Å²) in [5.74, 6) is -0.277. The van der Waals surface area contributed by atoms with E-state index in [0.29, 0.717) is 18.7 Å². The molecule has 0 aliphatic heterocycles. The fourth-order valence-electron chi connectivity index (χ4n) is 0.935. The highest BCUT2D eigenvalue weighted by Crippen LogP contribution is 2.19. The number of anilines is 1. The first-order chi connectivity index (χ1) is 6.24. The van der Waals surface area contributed by atoms with Crippen LogP contribution in [0.3, 0.4) is 0 Å². The second-order valence-corrected chi connectivity index (χ2v) is 3.54. The van der Waals surface area contributed by atoms with Crippen LogP contribution in [-0.2, 0) is 0 Å².